The molecule has 1 nitrogen and oxygen atoms in total. The Balaban J connectivity index is 2.05. The Kier molecular flexibility index (Phi) is 3.20. The third-order valence-corrected chi connectivity index (χ3v) is 2.56. The summed E-state index contributed by atoms with van der Waals surface area (Å²) < 4.78 is 12.9. The topological polar surface area (TPSA) is 12.0 Å². The summed E-state index contributed by atoms with van der Waals surface area (Å²) in [6.07, 6.45) is 0. The highest BCUT2D eigenvalue weighted by molar-refractivity contribution is 5.43. The second kappa shape index (κ2) is 4.79. The number of benzene rings is 2. The molecule has 0 aromatic heterocycles. The van der Waals surface area contributed by atoms with Gasteiger partial charge in [-0.3, -0.25) is 0 Å². The average molecular weight is 215 g/mol. The van der Waals surface area contributed by atoms with Crippen molar-refractivity contribution in [2.45, 2.75) is 13.5 Å². The van der Waals surface area contributed by atoms with Crippen LogP contribution in [0.2, 0.25) is 0 Å². The Labute approximate surface area is 94.9 Å². The van der Waals surface area contributed by atoms with Crippen molar-refractivity contribution >= 4 is 5.69 Å². The molecule has 0 aliphatic heterocycles. The van der Waals surface area contributed by atoms with Crippen LogP contribution in [0.3, 0.4) is 0 Å². The van der Waals surface area contributed by atoms with Gasteiger partial charge in [0, 0.05) is 12.2 Å². The third-order valence-electron chi connectivity index (χ3n) is 2.56. The first-order chi connectivity index (χ1) is 7.75. The number of aryl methyl sites for hydroxylation is 1. The molecule has 0 amide bonds. The maximum atomic E-state index is 12.9. The summed E-state index contributed by atoms with van der Waals surface area (Å²) in [4.78, 5) is 0. The summed E-state index contributed by atoms with van der Waals surface area (Å²) >= 11 is 0. The molecule has 2 aromatic carbocycles. The van der Waals surface area contributed by atoms with E-state index in [9.17, 15) is 4.39 Å². The Hall–Kier alpha value is -1.83. The highest BCUT2D eigenvalue weighted by atomic mass is 19.1. The minimum absolute atomic E-state index is 0.180. The first kappa shape index (κ1) is 10.7. The predicted molar refractivity (Wildman–Crippen MR) is 64.9 cm³/mol. The van der Waals surface area contributed by atoms with Gasteiger partial charge in [0.1, 0.15) is 5.82 Å². The lowest BCUT2D eigenvalue weighted by Gasteiger charge is -2.08. The minimum Gasteiger partial charge on any atom is -0.381 e. The molecule has 0 aliphatic carbocycles. The van der Waals surface area contributed by atoms with Gasteiger partial charge in [0.25, 0.3) is 0 Å². The van der Waals surface area contributed by atoms with Crippen LogP contribution < -0.4 is 5.32 Å². The van der Waals surface area contributed by atoms with Gasteiger partial charge < -0.3 is 5.32 Å². The Morgan fingerprint density at radius 1 is 1.06 bits per heavy atom. The SMILES string of the molecule is Cc1cc(F)ccc1CNc1ccccc1. The number of rotatable bonds is 3. The van der Waals surface area contributed by atoms with Gasteiger partial charge in [0.15, 0.2) is 0 Å². The van der Waals surface area contributed by atoms with Gasteiger partial charge >= 0.3 is 0 Å². The molecule has 0 atom stereocenters. The van der Waals surface area contributed by atoms with Gasteiger partial charge in [-0.15, -0.1) is 0 Å². The standard InChI is InChI=1S/C14H14FN/c1-11-9-13(15)8-7-12(11)10-16-14-5-3-2-4-6-14/h2-9,16H,10H2,1H3. The first-order valence-corrected chi connectivity index (χ1v) is 5.29. The van der Waals surface area contributed by atoms with Crippen molar-refractivity contribution in [3.05, 3.63) is 65.5 Å². The Morgan fingerprint density at radius 2 is 1.81 bits per heavy atom. The van der Waals surface area contributed by atoms with E-state index in [1.54, 1.807) is 6.07 Å². The van der Waals surface area contributed by atoms with Gasteiger partial charge in [-0.05, 0) is 42.3 Å². The van der Waals surface area contributed by atoms with Crippen molar-refractivity contribution in [3.8, 4) is 0 Å². The number of anilines is 1. The van der Waals surface area contributed by atoms with E-state index in [-0.39, 0.29) is 5.82 Å². The fourth-order valence-corrected chi connectivity index (χ4v) is 1.61. The van der Waals surface area contributed by atoms with Crippen molar-refractivity contribution in [3.63, 3.8) is 0 Å². The predicted octanol–water partition coefficient (Wildman–Crippen LogP) is 3.75. The van der Waals surface area contributed by atoms with Crippen molar-refractivity contribution in [2.24, 2.45) is 0 Å². The van der Waals surface area contributed by atoms with Gasteiger partial charge in [-0.1, -0.05) is 24.3 Å². The normalized spacial score (nSPS) is 10.1. The molecule has 2 aromatic rings. The molecule has 2 heteroatoms. The maximum absolute atomic E-state index is 12.9. The fraction of sp³-hybridized carbons (Fsp3) is 0.143. The van der Waals surface area contributed by atoms with Gasteiger partial charge in [-0.25, -0.2) is 4.39 Å². The lowest BCUT2D eigenvalue weighted by atomic mass is 10.1. The van der Waals surface area contributed by atoms with E-state index in [0.717, 1.165) is 23.4 Å². The zero-order valence-corrected chi connectivity index (χ0v) is 9.20. The van der Waals surface area contributed by atoms with Crippen molar-refractivity contribution in [1.29, 1.82) is 0 Å². The highest BCUT2D eigenvalue weighted by Crippen LogP contribution is 2.13. The van der Waals surface area contributed by atoms with E-state index in [0.29, 0.717) is 0 Å². The molecule has 0 saturated heterocycles. The van der Waals surface area contributed by atoms with Crippen molar-refractivity contribution in [1.82, 2.24) is 0 Å². The van der Waals surface area contributed by atoms with Crippen molar-refractivity contribution < 1.29 is 4.39 Å². The van der Waals surface area contributed by atoms with Crippen LogP contribution in [-0.2, 0) is 6.54 Å². The number of hydrogen-bond acceptors (Lipinski definition) is 1. The van der Waals surface area contributed by atoms with Gasteiger partial charge in [-0.2, -0.15) is 0 Å². The summed E-state index contributed by atoms with van der Waals surface area (Å²) in [5, 5.41) is 3.30. The molecule has 0 heterocycles. The molecule has 0 unspecified atom stereocenters. The molecular formula is C14H14FN. The molecule has 0 spiro atoms. The number of nitrogens with one attached hydrogen (secondary N) is 1. The summed E-state index contributed by atoms with van der Waals surface area (Å²) in [6, 6.07) is 14.9. The second-order valence-corrected chi connectivity index (χ2v) is 3.79. The molecule has 0 bridgehead atoms. The number of hydrogen-bond donors (Lipinski definition) is 1. The van der Waals surface area contributed by atoms with Crippen LogP contribution in [0, 0.1) is 12.7 Å². The summed E-state index contributed by atoms with van der Waals surface area (Å²) in [5.41, 5.74) is 3.17. The molecule has 0 saturated carbocycles. The Morgan fingerprint density at radius 3 is 2.50 bits per heavy atom. The molecule has 0 aliphatic rings. The van der Waals surface area contributed by atoms with Crippen LogP contribution in [0.5, 0.6) is 0 Å². The smallest absolute Gasteiger partial charge is 0.123 e. The molecule has 0 radical (unpaired) electrons. The van der Waals surface area contributed by atoms with Crippen LogP contribution in [0.4, 0.5) is 10.1 Å². The molecule has 16 heavy (non-hydrogen) atoms. The third kappa shape index (κ3) is 2.60. The minimum atomic E-state index is -0.180. The van der Waals surface area contributed by atoms with E-state index < -0.39 is 0 Å². The van der Waals surface area contributed by atoms with Crippen LogP contribution in [-0.4, -0.2) is 0 Å². The zero-order valence-electron chi connectivity index (χ0n) is 9.20. The monoisotopic (exact) mass is 215 g/mol. The van der Waals surface area contributed by atoms with E-state index in [1.807, 2.05) is 43.3 Å². The first-order valence-electron chi connectivity index (χ1n) is 5.29. The van der Waals surface area contributed by atoms with Crippen LogP contribution in [0.1, 0.15) is 11.1 Å². The summed E-state index contributed by atoms with van der Waals surface area (Å²) in [5.74, 6) is -0.180. The molecule has 1 N–H and O–H groups in total. The zero-order chi connectivity index (χ0) is 11.4. The molecular weight excluding hydrogens is 201 g/mol. The summed E-state index contributed by atoms with van der Waals surface area (Å²) in [7, 11) is 0. The van der Waals surface area contributed by atoms with E-state index >= 15 is 0 Å². The lowest BCUT2D eigenvalue weighted by Crippen LogP contribution is -2.01. The quantitative estimate of drug-likeness (QED) is 0.822. The maximum Gasteiger partial charge on any atom is 0.123 e. The van der Waals surface area contributed by atoms with E-state index in [4.69, 9.17) is 0 Å². The number of halogens is 1. The van der Waals surface area contributed by atoms with Crippen LogP contribution in [0.25, 0.3) is 0 Å². The largest absolute Gasteiger partial charge is 0.381 e. The molecule has 2 rings (SSSR count). The Bertz CT molecular complexity index is 465. The van der Waals surface area contributed by atoms with Gasteiger partial charge in [0.05, 0.1) is 0 Å². The second-order valence-electron chi connectivity index (χ2n) is 3.79. The van der Waals surface area contributed by atoms with E-state index in [2.05, 4.69) is 5.32 Å². The molecule has 0 fully saturated rings. The lowest BCUT2D eigenvalue weighted by molar-refractivity contribution is 0.625. The highest BCUT2D eigenvalue weighted by Gasteiger charge is 1.99. The summed E-state index contributed by atoms with van der Waals surface area (Å²) in [6.45, 7) is 2.64. The van der Waals surface area contributed by atoms with Gasteiger partial charge in [0.2, 0.25) is 0 Å². The fourth-order valence-electron chi connectivity index (χ4n) is 1.61. The molecule has 82 valence electrons. The average Bonchev–Trinajstić information content (AvgIpc) is 2.29. The number of para-hydroxylation sites is 1. The van der Waals surface area contributed by atoms with Crippen molar-refractivity contribution in [2.75, 3.05) is 5.32 Å². The van der Waals surface area contributed by atoms with Crippen LogP contribution >= 0.6 is 0 Å². The van der Waals surface area contributed by atoms with Crippen LogP contribution in [0.15, 0.2) is 48.5 Å². The van der Waals surface area contributed by atoms with E-state index in [1.165, 1.54) is 6.07 Å².